The van der Waals surface area contributed by atoms with Crippen LogP contribution in [0, 0.1) is 40.5 Å². The molecule has 1 fully saturated rings. The first-order valence-electron chi connectivity index (χ1n) is 6.58. The first-order chi connectivity index (χ1) is 10.6. The number of hydrogen-bond donors (Lipinski definition) is 0. The van der Waals surface area contributed by atoms with E-state index in [-0.39, 0.29) is 16.5 Å². The minimum Gasteiger partial charge on any atom is -0.460 e. The maximum Gasteiger partial charge on any atom is 0.310 e. The van der Waals surface area contributed by atoms with Crippen LogP contribution in [0.15, 0.2) is 16.6 Å². The van der Waals surface area contributed by atoms with Crippen molar-refractivity contribution in [2.45, 2.75) is 20.5 Å². The third kappa shape index (κ3) is 3.48. The summed E-state index contributed by atoms with van der Waals surface area (Å²) >= 11 is 11.1. The number of benzene rings is 1. The SMILES string of the molecule is CC1(C)[C@H](C=C(Cl)Cl)[C@H]1C(=O)OCc1c(F)c(F)cc(F)c1F. The van der Waals surface area contributed by atoms with Crippen LogP contribution in [0.2, 0.25) is 0 Å². The van der Waals surface area contributed by atoms with Gasteiger partial charge in [-0.25, -0.2) is 17.6 Å². The average Bonchev–Trinajstić information content (AvgIpc) is 2.96. The van der Waals surface area contributed by atoms with Crippen LogP contribution < -0.4 is 0 Å². The second-order valence-corrected chi connectivity index (χ2v) is 6.84. The topological polar surface area (TPSA) is 26.3 Å². The van der Waals surface area contributed by atoms with Gasteiger partial charge in [0.15, 0.2) is 23.3 Å². The molecular formula is C15H12Cl2F4O2. The summed E-state index contributed by atoms with van der Waals surface area (Å²) in [7, 11) is 0. The van der Waals surface area contributed by atoms with Crippen LogP contribution in [0.4, 0.5) is 17.6 Å². The average molecular weight is 371 g/mol. The highest BCUT2D eigenvalue weighted by molar-refractivity contribution is 6.55. The van der Waals surface area contributed by atoms with Crippen LogP contribution in [-0.2, 0) is 16.1 Å². The van der Waals surface area contributed by atoms with Crippen molar-refractivity contribution in [2.24, 2.45) is 17.3 Å². The lowest BCUT2D eigenvalue weighted by Crippen LogP contribution is -2.13. The molecule has 2 atom stereocenters. The molecule has 0 saturated heterocycles. The largest absolute Gasteiger partial charge is 0.460 e. The van der Waals surface area contributed by atoms with E-state index in [4.69, 9.17) is 27.9 Å². The van der Waals surface area contributed by atoms with Gasteiger partial charge < -0.3 is 4.74 Å². The molecule has 2 nitrogen and oxygen atoms in total. The molecule has 1 aromatic rings. The summed E-state index contributed by atoms with van der Waals surface area (Å²) in [5.74, 6) is -7.96. The Kier molecular flexibility index (Phi) is 4.97. The Morgan fingerprint density at radius 2 is 1.74 bits per heavy atom. The van der Waals surface area contributed by atoms with Crippen molar-refractivity contribution in [2.75, 3.05) is 0 Å². The summed E-state index contributed by atoms with van der Waals surface area (Å²) in [6.07, 6.45) is 1.47. The van der Waals surface area contributed by atoms with Crippen molar-refractivity contribution >= 4 is 29.2 Å². The highest BCUT2D eigenvalue weighted by Gasteiger charge is 2.61. The molecular weight excluding hydrogens is 359 g/mol. The summed E-state index contributed by atoms with van der Waals surface area (Å²) in [5, 5.41) is 0. The quantitative estimate of drug-likeness (QED) is 0.429. The fourth-order valence-electron chi connectivity index (χ4n) is 2.56. The lowest BCUT2D eigenvalue weighted by molar-refractivity contribution is -0.147. The van der Waals surface area contributed by atoms with Gasteiger partial charge in [0.05, 0.1) is 11.5 Å². The fraction of sp³-hybridized carbons (Fsp3) is 0.400. The predicted octanol–water partition coefficient (Wildman–Crippen LogP) is 4.88. The Hall–Kier alpha value is -1.27. The lowest BCUT2D eigenvalue weighted by Gasteiger charge is -2.09. The standard InChI is InChI=1S/C15H12Cl2F4O2/c1-15(2)7(3-10(16)17)11(15)14(22)23-5-6-12(20)8(18)4-9(19)13(6)21/h3-4,7,11H,5H2,1-2H3/t7-,11+/m1/s1. The smallest absolute Gasteiger partial charge is 0.310 e. The molecule has 0 spiro atoms. The predicted molar refractivity (Wildman–Crippen MR) is 76.6 cm³/mol. The van der Waals surface area contributed by atoms with E-state index in [2.05, 4.69) is 0 Å². The van der Waals surface area contributed by atoms with E-state index in [0.29, 0.717) is 0 Å². The van der Waals surface area contributed by atoms with Gasteiger partial charge in [-0.05, 0) is 17.4 Å². The zero-order valence-corrected chi connectivity index (χ0v) is 13.6. The third-order valence-corrected chi connectivity index (χ3v) is 4.28. The summed E-state index contributed by atoms with van der Waals surface area (Å²) in [5.41, 5.74) is -1.46. The van der Waals surface area contributed by atoms with E-state index in [1.54, 1.807) is 13.8 Å². The highest BCUT2D eigenvalue weighted by atomic mass is 35.5. The monoisotopic (exact) mass is 370 g/mol. The number of carbonyl (C=O) groups is 1. The number of hydrogen-bond acceptors (Lipinski definition) is 2. The molecule has 8 heteroatoms. The molecule has 0 unspecified atom stereocenters. The van der Waals surface area contributed by atoms with Gasteiger partial charge in [-0.3, -0.25) is 4.79 Å². The van der Waals surface area contributed by atoms with E-state index in [1.165, 1.54) is 6.08 Å². The van der Waals surface area contributed by atoms with Gasteiger partial charge in [0.1, 0.15) is 11.1 Å². The summed E-state index contributed by atoms with van der Waals surface area (Å²) in [6, 6.07) is 0.0866. The van der Waals surface area contributed by atoms with Crippen LogP contribution in [0.25, 0.3) is 0 Å². The van der Waals surface area contributed by atoms with Gasteiger partial charge in [0.2, 0.25) is 0 Å². The van der Waals surface area contributed by atoms with Crippen molar-refractivity contribution in [3.05, 3.63) is 45.5 Å². The van der Waals surface area contributed by atoms with Crippen molar-refractivity contribution < 1.29 is 27.1 Å². The zero-order chi connectivity index (χ0) is 17.5. The van der Waals surface area contributed by atoms with Crippen molar-refractivity contribution in [3.8, 4) is 0 Å². The Bertz CT molecular complexity index is 658. The second kappa shape index (κ2) is 6.32. The Balaban J connectivity index is 2.11. The van der Waals surface area contributed by atoms with Crippen molar-refractivity contribution in [3.63, 3.8) is 0 Å². The molecule has 1 aromatic carbocycles. The van der Waals surface area contributed by atoms with Crippen LogP contribution >= 0.6 is 23.2 Å². The molecule has 1 aliphatic rings. The number of halogens is 6. The maximum atomic E-state index is 13.5. The van der Waals surface area contributed by atoms with Crippen LogP contribution in [0.5, 0.6) is 0 Å². The molecule has 0 aromatic heterocycles. The molecule has 0 radical (unpaired) electrons. The number of esters is 1. The number of carbonyl (C=O) groups excluding carboxylic acids is 1. The molecule has 0 amide bonds. The van der Waals surface area contributed by atoms with Crippen LogP contribution in [0.3, 0.4) is 0 Å². The minimum absolute atomic E-state index is 0.0114. The molecule has 1 aliphatic carbocycles. The Labute approximate surface area is 140 Å². The minimum atomic E-state index is -1.59. The summed E-state index contributed by atoms with van der Waals surface area (Å²) < 4.78 is 57.9. The lowest BCUT2D eigenvalue weighted by atomic mass is 10.1. The first-order valence-corrected chi connectivity index (χ1v) is 7.34. The first kappa shape index (κ1) is 18.1. The number of rotatable bonds is 4. The maximum absolute atomic E-state index is 13.5. The van der Waals surface area contributed by atoms with Gasteiger partial charge in [0, 0.05) is 6.07 Å². The van der Waals surface area contributed by atoms with Gasteiger partial charge in [-0.15, -0.1) is 0 Å². The summed E-state index contributed by atoms with van der Waals surface area (Å²) in [4.78, 5) is 12.0. The molecule has 0 aliphatic heterocycles. The van der Waals surface area contributed by atoms with E-state index in [0.717, 1.165) is 0 Å². The molecule has 0 bridgehead atoms. The third-order valence-electron chi connectivity index (χ3n) is 4.03. The van der Waals surface area contributed by atoms with Crippen molar-refractivity contribution in [1.29, 1.82) is 0 Å². The Morgan fingerprint density at radius 1 is 1.22 bits per heavy atom. The van der Waals surface area contributed by atoms with E-state index >= 15 is 0 Å². The van der Waals surface area contributed by atoms with Gasteiger partial charge in [-0.1, -0.05) is 37.0 Å². The molecule has 23 heavy (non-hydrogen) atoms. The highest BCUT2D eigenvalue weighted by Crippen LogP contribution is 2.60. The van der Waals surface area contributed by atoms with Gasteiger partial charge in [0.25, 0.3) is 0 Å². The van der Waals surface area contributed by atoms with E-state index in [9.17, 15) is 22.4 Å². The summed E-state index contributed by atoms with van der Waals surface area (Å²) in [6.45, 7) is 2.61. The zero-order valence-electron chi connectivity index (χ0n) is 12.1. The molecule has 1 saturated carbocycles. The normalized spacial score (nSPS) is 21.7. The second-order valence-electron chi connectivity index (χ2n) is 5.84. The van der Waals surface area contributed by atoms with E-state index in [1.807, 2.05) is 0 Å². The molecule has 0 N–H and O–H groups in total. The fourth-order valence-corrected chi connectivity index (χ4v) is 2.83. The Morgan fingerprint density at radius 3 is 2.22 bits per heavy atom. The number of allylic oxidation sites excluding steroid dienone is 1. The van der Waals surface area contributed by atoms with Crippen LogP contribution in [0.1, 0.15) is 19.4 Å². The van der Waals surface area contributed by atoms with Crippen molar-refractivity contribution in [1.82, 2.24) is 0 Å². The van der Waals surface area contributed by atoms with E-state index < -0.39 is 52.7 Å². The number of ether oxygens (including phenoxy) is 1. The van der Waals surface area contributed by atoms with Gasteiger partial charge in [-0.2, -0.15) is 0 Å². The molecule has 126 valence electrons. The van der Waals surface area contributed by atoms with Gasteiger partial charge >= 0.3 is 5.97 Å². The van der Waals surface area contributed by atoms with Crippen LogP contribution in [-0.4, -0.2) is 5.97 Å². The molecule has 2 rings (SSSR count). The molecule has 0 heterocycles.